The van der Waals surface area contributed by atoms with Crippen molar-refractivity contribution in [2.24, 2.45) is 0 Å². The first-order valence-electron chi connectivity index (χ1n) is 8.45. The summed E-state index contributed by atoms with van der Waals surface area (Å²) in [5, 5.41) is 20.0. The number of rotatable bonds is 6. The normalized spacial score (nSPS) is 14.8. The van der Waals surface area contributed by atoms with Crippen LogP contribution in [0.2, 0.25) is 0 Å². The maximum absolute atomic E-state index is 13.2. The van der Waals surface area contributed by atoms with Crippen LogP contribution in [0.15, 0.2) is 43.0 Å². The number of benzene rings is 2. The standard InChI is InChI=1S/C21H20O6/c1-4-10-27-15-7-5-6-12-16(15)19(24)13-8-9-14(18(23)11(2)22)21(26-3)17(13)20(12)25/h4-9,11,18,22-23H,1,10H2,2-3H3. The van der Waals surface area contributed by atoms with Gasteiger partial charge in [0.25, 0.3) is 0 Å². The molecule has 27 heavy (non-hydrogen) atoms. The molecule has 0 fully saturated rings. The molecule has 1 aliphatic rings. The van der Waals surface area contributed by atoms with Gasteiger partial charge in [-0.2, -0.15) is 0 Å². The smallest absolute Gasteiger partial charge is 0.198 e. The highest BCUT2D eigenvalue weighted by molar-refractivity contribution is 6.30. The fourth-order valence-corrected chi connectivity index (χ4v) is 3.22. The zero-order valence-electron chi connectivity index (χ0n) is 15.1. The first kappa shape index (κ1) is 18.8. The number of ketones is 2. The Bertz CT molecular complexity index is 929. The summed E-state index contributed by atoms with van der Waals surface area (Å²) in [6.45, 7) is 5.21. The Morgan fingerprint density at radius 3 is 2.37 bits per heavy atom. The van der Waals surface area contributed by atoms with Crippen molar-refractivity contribution >= 4 is 11.6 Å². The molecule has 0 saturated carbocycles. The average molecular weight is 368 g/mol. The SMILES string of the molecule is C=CCOc1cccc2c1C(=O)c1ccc(C(O)C(C)O)c(OC)c1C2=O. The second kappa shape index (κ2) is 7.34. The number of hydrogen-bond donors (Lipinski definition) is 2. The van der Waals surface area contributed by atoms with Crippen LogP contribution in [0.5, 0.6) is 11.5 Å². The summed E-state index contributed by atoms with van der Waals surface area (Å²) in [6, 6.07) is 7.76. The Morgan fingerprint density at radius 1 is 1.07 bits per heavy atom. The van der Waals surface area contributed by atoms with Gasteiger partial charge in [0.2, 0.25) is 0 Å². The predicted molar refractivity (Wildman–Crippen MR) is 98.6 cm³/mol. The van der Waals surface area contributed by atoms with Crippen molar-refractivity contribution < 1.29 is 29.3 Å². The minimum absolute atomic E-state index is 0.0769. The Labute approximate surface area is 156 Å². The lowest BCUT2D eigenvalue weighted by Crippen LogP contribution is -2.24. The van der Waals surface area contributed by atoms with E-state index in [1.54, 1.807) is 24.3 Å². The molecule has 140 valence electrons. The van der Waals surface area contributed by atoms with E-state index in [4.69, 9.17) is 9.47 Å². The van der Waals surface area contributed by atoms with E-state index in [2.05, 4.69) is 6.58 Å². The lowest BCUT2D eigenvalue weighted by Gasteiger charge is -2.25. The van der Waals surface area contributed by atoms with Gasteiger partial charge >= 0.3 is 0 Å². The molecule has 0 spiro atoms. The largest absolute Gasteiger partial charge is 0.496 e. The molecule has 0 heterocycles. The average Bonchev–Trinajstić information content (AvgIpc) is 2.68. The molecule has 2 N–H and O–H groups in total. The Morgan fingerprint density at radius 2 is 1.74 bits per heavy atom. The highest BCUT2D eigenvalue weighted by Crippen LogP contribution is 2.40. The second-order valence-corrected chi connectivity index (χ2v) is 6.23. The van der Waals surface area contributed by atoms with Crippen molar-refractivity contribution in [1.82, 2.24) is 0 Å². The van der Waals surface area contributed by atoms with E-state index in [0.29, 0.717) is 5.75 Å². The molecular formula is C21H20O6. The van der Waals surface area contributed by atoms with Crippen molar-refractivity contribution in [3.05, 3.63) is 70.8 Å². The lowest BCUT2D eigenvalue weighted by molar-refractivity contribution is 0.0289. The highest BCUT2D eigenvalue weighted by atomic mass is 16.5. The van der Waals surface area contributed by atoms with Gasteiger partial charge in [-0.1, -0.05) is 30.9 Å². The van der Waals surface area contributed by atoms with E-state index in [0.717, 1.165) is 0 Å². The molecule has 6 heteroatoms. The minimum Gasteiger partial charge on any atom is -0.496 e. The van der Waals surface area contributed by atoms with Crippen LogP contribution in [0, 0.1) is 0 Å². The zero-order valence-corrected chi connectivity index (χ0v) is 15.1. The van der Waals surface area contributed by atoms with Crippen molar-refractivity contribution in [3.8, 4) is 11.5 Å². The molecule has 0 saturated heterocycles. The summed E-state index contributed by atoms with van der Waals surface area (Å²) < 4.78 is 10.9. The van der Waals surface area contributed by atoms with Crippen molar-refractivity contribution in [2.45, 2.75) is 19.1 Å². The van der Waals surface area contributed by atoms with Gasteiger partial charge in [-0.05, 0) is 19.1 Å². The van der Waals surface area contributed by atoms with E-state index >= 15 is 0 Å². The van der Waals surface area contributed by atoms with Crippen molar-refractivity contribution in [2.75, 3.05) is 13.7 Å². The van der Waals surface area contributed by atoms with Crippen LogP contribution in [0.25, 0.3) is 0 Å². The third kappa shape index (κ3) is 3.03. The number of ether oxygens (including phenoxy) is 2. The molecule has 3 rings (SSSR count). The Hall–Kier alpha value is -2.96. The van der Waals surface area contributed by atoms with Gasteiger partial charge in [-0.15, -0.1) is 0 Å². The summed E-state index contributed by atoms with van der Waals surface area (Å²) in [6.07, 6.45) is -0.774. The number of aliphatic hydroxyl groups excluding tert-OH is 2. The molecule has 2 aromatic carbocycles. The van der Waals surface area contributed by atoms with Crippen molar-refractivity contribution in [3.63, 3.8) is 0 Å². The van der Waals surface area contributed by atoms with Crippen LogP contribution >= 0.6 is 0 Å². The van der Waals surface area contributed by atoms with E-state index in [-0.39, 0.29) is 46.0 Å². The van der Waals surface area contributed by atoms with Crippen molar-refractivity contribution in [1.29, 1.82) is 0 Å². The van der Waals surface area contributed by atoms with Gasteiger partial charge in [-0.3, -0.25) is 9.59 Å². The van der Waals surface area contributed by atoms with Crippen LogP contribution < -0.4 is 9.47 Å². The lowest BCUT2D eigenvalue weighted by atomic mass is 9.81. The second-order valence-electron chi connectivity index (χ2n) is 6.23. The summed E-state index contributed by atoms with van der Waals surface area (Å²) in [7, 11) is 1.35. The molecular weight excluding hydrogens is 348 g/mol. The topological polar surface area (TPSA) is 93.1 Å². The number of fused-ring (bicyclic) bond motifs is 2. The van der Waals surface area contributed by atoms with Gasteiger partial charge < -0.3 is 19.7 Å². The van der Waals surface area contributed by atoms with E-state index in [9.17, 15) is 19.8 Å². The molecule has 0 radical (unpaired) electrons. The zero-order chi connectivity index (χ0) is 19.7. The fourth-order valence-electron chi connectivity index (χ4n) is 3.22. The first-order chi connectivity index (χ1) is 12.9. The van der Waals surface area contributed by atoms with E-state index in [1.165, 1.54) is 26.2 Å². The Balaban J connectivity index is 2.22. The quantitative estimate of drug-likeness (QED) is 0.649. The van der Waals surface area contributed by atoms with E-state index < -0.39 is 18.0 Å². The summed E-state index contributed by atoms with van der Waals surface area (Å²) >= 11 is 0. The Kier molecular flexibility index (Phi) is 5.12. The maximum atomic E-state index is 13.2. The first-order valence-corrected chi connectivity index (χ1v) is 8.45. The van der Waals surface area contributed by atoms with Gasteiger partial charge in [0.15, 0.2) is 11.6 Å². The number of carbonyl (C=O) groups excluding carboxylic acids is 2. The van der Waals surface area contributed by atoms with Gasteiger partial charge in [-0.25, -0.2) is 0 Å². The number of aliphatic hydroxyl groups is 2. The monoisotopic (exact) mass is 368 g/mol. The van der Waals surface area contributed by atoms with Crippen LogP contribution in [0.4, 0.5) is 0 Å². The molecule has 1 aliphatic carbocycles. The van der Waals surface area contributed by atoms with Crippen LogP contribution in [-0.2, 0) is 0 Å². The maximum Gasteiger partial charge on any atom is 0.198 e. The minimum atomic E-state index is -1.25. The predicted octanol–water partition coefficient (Wildman–Crippen LogP) is 2.45. The number of carbonyl (C=O) groups is 2. The fraction of sp³-hybridized carbons (Fsp3) is 0.238. The van der Waals surface area contributed by atoms with Gasteiger partial charge in [0.05, 0.1) is 24.3 Å². The molecule has 2 unspecified atom stereocenters. The highest BCUT2D eigenvalue weighted by Gasteiger charge is 2.36. The molecule has 2 atom stereocenters. The third-order valence-corrected chi connectivity index (χ3v) is 4.49. The molecule has 0 amide bonds. The van der Waals surface area contributed by atoms with Crippen LogP contribution in [0.1, 0.15) is 50.4 Å². The molecule has 6 nitrogen and oxygen atoms in total. The summed E-state index contributed by atoms with van der Waals surface area (Å²) in [5.41, 5.74) is 0.891. The number of hydrogen-bond acceptors (Lipinski definition) is 6. The molecule has 0 aliphatic heterocycles. The molecule has 0 bridgehead atoms. The third-order valence-electron chi connectivity index (χ3n) is 4.49. The molecule has 0 aromatic heterocycles. The number of methoxy groups -OCH3 is 1. The van der Waals surface area contributed by atoms with Crippen LogP contribution in [0.3, 0.4) is 0 Å². The van der Waals surface area contributed by atoms with Crippen LogP contribution in [-0.4, -0.2) is 41.6 Å². The van der Waals surface area contributed by atoms with E-state index in [1.807, 2.05) is 0 Å². The van der Waals surface area contributed by atoms with Gasteiger partial charge in [0.1, 0.15) is 24.2 Å². The summed E-state index contributed by atoms with van der Waals surface area (Å²) in [5.74, 6) is -0.374. The molecule has 2 aromatic rings. The van der Waals surface area contributed by atoms with Gasteiger partial charge in [0, 0.05) is 16.7 Å². The summed E-state index contributed by atoms with van der Waals surface area (Å²) in [4.78, 5) is 26.2.